The normalized spacial score (nSPS) is 10.4. The van der Waals surface area contributed by atoms with E-state index in [0.717, 1.165) is 5.56 Å². The van der Waals surface area contributed by atoms with Crippen LogP contribution < -0.4 is 10.1 Å². The summed E-state index contributed by atoms with van der Waals surface area (Å²) in [6.07, 6.45) is 3.15. The molecule has 21 heavy (non-hydrogen) atoms. The van der Waals surface area contributed by atoms with E-state index < -0.39 is 4.92 Å². The third-order valence-electron chi connectivity index (χ3n) is 2.63. The molecule has 7 heteroatoms. The Labute approximate surface area is 122 Å². The predicted octanol–water partition coefficient (Wildman–Crippen LogP) is 2.78. The number of hydrogen-bond acceptors (Lipinski definition) is 6. The van der Waals surface area contributed by atoms with Crippen LogP contribution in [0, 0.1) is 10.1 Å². The summed E-state index contributed by atoms with van der Waals surface area (Å²) in [6, 6.07) is 6.58. The summed E-state index contributed by atoms with van der Waals surface area (Å²) in [4.78, 5) is 18.6. The highest BCUT2D eigenvalue weighted by Gasteiger charge is 2.14. The minimum absolute atomic E-state index is 0.00263. The van der Waals surface area contributed by atoms with E-state index in [1.165, 1.54) is 18.3 Å². The highest BCUT2D eigenvalue weighted by molar-refractivity contribution is 5.55. The number of pyridine rings is 2. The van der Waals surface area contributed by atoms with E-state index in [2.05, 4.69) is 15.3 Å². The average Bonchev–Trinajstić information content (AvgIpc) is 2.46. The van der Waals surface area contributed by atoms with Crippen LogP contribution in [0.25, 0.3) is 0 Å². The summed E-state index contributed by atoms with van der Waals surface area (Å²) in [6.45, 7) is 4.17. The molecule has 0 bridgehead atoms. The molecular formula is C14H16N4O3. The standard InChI is InChI=1S/C14H16N4O3/c1-10(2)21-14-11(5-3-8-16-14)9-17-13-12(18(19)20)6-4-7-15-13/h3-8,10H,9H2,1-2H3,(H,15,17). The van der Waals surface area contributed by atoms with Gasteiger partial charge in [-0.2, -0.15) is 0 Å². The van der Waals surface area contributed by atoms with Crippen molar-refractivity contribution in [3.63, 3.8) is 0 Å². The van der Waals surface area contributed by atoms with Crippen molar-refractivity contribution in [2.24, 2.45) is 0 Å². The highest BCUT2D eigenvalue weighted by Crippen LogP contribution is 2.23. The maximum Gasteiger partial charge on any atom is 0.311 e. The number of aromatic nitrogens is 2. The maximum atomic E-state index is 10.9. The molecule has 0 fully saturated rings. The van der Waals surface area contributed by atoms with Crippen LogP contribution in [0.3, 0.4) is 0 Å². The Morgan fingerprint density at radius 2 is 2.00 bits per heavy atom. The van der Waals surface area contributed by atoms with E-state index in [-0.39, 0.29) is 17.6 Å². The van der Waals surface area contributed by atoms with Crippen LogP contribution >= 0.6 is 0 Å². The monoisotopic (exact) mass is 288 g/mol. The molecule has 0 atom stereocenters. The Bertz CT molecular complexity index is 631. The molecule has 2 rings (SSSR count). The molecule has 2 aromatic heterocycles. The first-order chi connectivity index (χ1) is 10.1. The first kappa shape index (κ1) is 14.7. The van der Waals surface area contributed by atoms with E-state index in [4.69, 9.17) is 4.74 Å². The smallest absolute Gasteiger partial charge is 0.311 e. The zero-order chi connectivity index (χ0) is 15.2. The summed E-state index contributed by atoms with van der Waals surface area (Å²) in [5.74, 6) is 0.737. The van der Waals surface area contributed by atoms with Gasteiger partial charge in [-0.25, -0.2) is 9.97 Å². The molecule has 0 aromatic carbocycles. The van der Waals surface area contributed by atoms with Gasteiger partial charge in [0.1, 0.15) is 0 Å². The molecule has 0 saturated carbocycles. The topological polar surface area (TPSA) is 90.2 Å². The summed E-state index contributed by atoms with van der Waals surface area (Å²) >= 11 is 0. The second-order valence-electron chi connectivity index (χ2n) is 4.62. The van der Waals surface area contributed by atoms with E-state index in [9.17, 15) is 10.1 Å². The Kier molecular flexibility index (Phi) is 4.65. The Morgan fingerprint density at radius 1 is 1.29 bits per heavy atom. The summed E-state index contributed by atoms with van der Waals surface area (Å²) in [5.41, 5.74) is 0.749. The predicted molar refractivity (Wildman–Crippen MR) is 78.2 cm³/mol. The van der Waals surface area contributed by atoms with Gasteiger partial charge in [-0.3, -0.25) is 10.1 Å². The average molecular weight is 288 g/mol. The fourth-order valence-electron chi connectivity index (χ4n) is 1.75. The number of nitrogens with one attached hydrogen (secondary N) is 1. The number of anilines is 1. The molecule has 0 aliphatic rings. The molecule has 0 amide bonds. The third kappa shape index (κ3) is 3.88. The minimum atomic E-state index is -0.468. The van der Waals surface area contributed by atoms with Crippen LogP contribution in [-0.2, 0) is 6.54 Å². The zero-order valence-electron chi connectivity index (χ0n) is 11.8. The largest absolute Gasteiger partial charge is 0.475 e. The van der Waals surface area contributed by atoms with Gasteiger partial charge in [-0.15, -0.1) is 0 Å². The molecule has 0 radical (unpaired) electrons. The zero-order valence-corrected chi connectivity index (χ0v) is 11.8. The molecule has 110 valence electrons. The lowest BCUT2D eigenvalue weighted by atomic mass is 10.2. The van der Waals surface area contributed by atoms with Crippen LogP contribution in [0.15, 0.2) is 36.7 Å². The van der Waals surface area contributed by atoms with Crippen molar-refractivity contribution >= 4 is 11.5 Å². The number of rotatable bonds is 6. The Hall–Kier alpha value is -2.70. The number of nitrogens with zero attached hydrogens (tertiary/aromatic N) is 3. The molecule has 2 aromatic rings. The minimum Gasteiger partial charge on any atom is -0.475 e. The molecule has 0 saturated heterocycles. The van der Waals surface area contributed by atoms with Crippen LogP contribution in [0.5, 0.6) is 5.88 Å². The van der Waals surface area contributed by atoms with Gasteiger partial charge in [-0.1, -0.05) is 6.07 Å². The van der Waals surface area contributed by atoms with Crippen molar-refractivity contribution in [2.45, 2.75) is 26.5 Å². The fraction of sp³-hybridized carbons (Fsp3) is 0.286. The third-order valence-corrected chi connectivity index (χ3v) is 2.63. The maximum absolute atomic E-state index is 10.9. The van der Waals surface area contributed by atoms with Gasteiger partial charge in [0.25, 0.3) is 0 Å². The lowest BCUT2D eigenvalue weighted by Gasteiger charge is -2.13. The van der Waals surface area contributed by atoms with Crippen molar-refractivity contribution in [3.8, 4) is 5.88 Å². The summed E-state index contributed by atoms with van der Waals surface area (Å²) < 4.78 is 5.61. The van der Waals surface area contributed by atoms with Crippen molar-refractivity contribution in [1.82, 2.24) is 9.97 Å². The molecular weight excluding hydrogens is 272 g/mol. The molecule has 0 aliphatic carbocycles. The SMILES string of the molecule is CC(C)Oc1ncccc1CNc1ncccc1[N+](=O)[O-]. The van der Waals surface area contributed by atoms with Crippen molar-refractivity contribution in [3.05, 3.63) is 52.3 Å². The van der Waals surface area contributed by atoms with Crippen LogP contribution in [0.1, 0.15) is 19.4 Å². The van der Waals surface area contributed by atoms with Gasteiger partial charge in [-0.05, 0) is 26.0 Å². The molecule has 2 heterocycles. The van der Waals surface area contributed by atoms with Gasteiger partial charge in [0, 0.05) is 30.6 Å². The van der Waals surface area contributed by atoms with Crippen molar-refractivity contribution in [2.75, 3.05) is 5.32 Å². The first-order valence-corrected chi connectivity index (χ1v) is 6.51. The van der Waals surface area contributed by atoms with E-state index in [0.29, 0.717) is 12.4 Å². The van der Waals surface area contributed by atoms with Crippen LogP contribution in [0.4, 0.5) is 11.5 Å². The lowest BCUT2D eigenvalue weighted by Crippen LogP contribution is -2.11. The van der Waals surface area contributed by atoms with Crippen LogP contribution in [-0.4, -0.2) is 21.0 Å². The molecule has 0 aliphatic heterocycles. The van der Waals surface area contributed by atoms with Gasteiger partial charge < -0.3 is 10.1 Å². The second kappa shape index (κ2) is 6.65. The quantitative estimate of drug-likeness (QED) is 0.649. The summed E-state index contributed by atoms with van der Waals surface area (Å²) in [7, 11) is 0. The van der Waals surface area contributed by atoms with Crippen LogP contribution in [0.2, 0.25) is 0 Å². The first-order valence-electron chi connectivity index (χ1n) is 6.51. The number of nitro groups is 1. The van der Waals surface area contributed by atoms with Gasteiger partial charge in [0.15, 0.2) is 0 Å². The molecule has 7 nitrogen and oxygen atoms in total. The van der Waals surface area contributed by atoms with Gasteiger partial charge in [0.05, 0.1) is 11.0 Å². The van der Waals surface area contributed by atoms with E-state index in [1.807, 2.05) is 19.9 Å². The molecule has 0 unspecified atom stereocenters. The Balaban J connectivity index is 2.15. The fourth-order valence-corrected chi connectivity index (χ4v) is 1.75. The van der Waals surface area contributed by atoms with Crippen molar-refractivity contribution < 1.29 is 9.66 Å². The van der Waals surface area contributed by atoms with Crippen molar-refractivity contribution in [1.29, 1.82) is 0 Å². The second-order valence-corrected chi connectivity index (χ2v) is 4.62. The van der Waals surface area contributed by atoms with Gasteiger partial charge >= 0.3 is 5.69 Å². The molecule has 1 N–H and O–H groups in total. The van der Waals surface area contributed by atoms with E-state index in [1.54, 1.807) is 12.3 Å². The number of hydrogen-bond donors (Lipinski definition) is 1. The number of ether oxygens (including phenoxy) is 1. The van der Waals surface area contributed by atoms with Gasteiger partial charge in [0.2, 0.25) is 11.7 Å². The van der Waals surface area contributed by atoms with E-state index >= 15 is 0 Å². The Morgan fingerprint density at radius 3 is 2.71 bits per heavy atom. The highest BCUT2D eigenvalue weighted by atomic mass is 16.6. The summed E-state index contributed by atoms with van der Waals surface area (Å²) in [5, 5.41) is 13.9. The molecule has 0 spiro atoms. The lowest BCUT2D eigenvalue weighted by molar-refractivity contribution is -0.384.